The van der Waals surface area contributed by atoms with Gasteiger partial charge >= 0.3 is 6.09 Å². The second kappa shape index (κ2) is 10.2. The summed E-state index contributed by atoms with van der Waals surface area (Å²) >= 11 is 0. The highest BCUT2D eigenvalue weighted by Gasteiger charge is 2.24. The number of piperidine rings is 1. The van der Waals surface area contributed by atoms with E-state index in [1.165, 1.54) is 12.1 Å². The topological polar surface area (TPSA) is 92.8 Å². The minimum Gasteiger partial charge on any atom is -0.410 e. The number of benzene rings is 2. The average Bonchev–Trinajstić information content (AvgIpc) is 2.78. The molecule has 0 spiro atoms. The third-order valence-corrected chi connectivity index (χ3v) is 6.84. The molecule has 160 valence electrons. The Balaban J connectivity index is 1.36. The molecule has 1 aliphatic rings. The van der Waals surface area contributed by atoms with Crippen LogP contribution in [-0.4, -0.2) is 50.7 Å². The van der Waals surface area contributed by atoms with Crippen molar-refractivity contribution in [1.29, 1.82) is 0 Å². The number of sulfone groups is 1. The van der Waals surface area contributed by atoms with Crippen LogP contribution < -0.4 is 10.1 Å². The molecule has 7 nitrogen and oxygen atoms in total. The Morgan fingerprint density at radius 1 is 0.967 bits per heavy atom. The van der Waals surface area contributed by atoms with Crippen molar-refractivity contribution in [3.63, 3.8) is 0 Å². The number of carbonyl (C=O) groups is 2. The first kappa shape index (κ1) is 21.8. The molecule has 8 heteroatoms. The van der Waals surface area contributed by atoms with Gasteiger partial charge in [0.2, 0.25) is 5.91 Å². The van der Waals surface area contributed by atoms with E-state index < -0.39 is 9.84 Å². The maximum Gasteiger partial charge on any atom is 0.415 e. The van der Waals surface area contributed by atoms with Gasteiger partial charge in [-0.2, -0.15) is 0 Å². The van der Waals surface area contributed by atoms with Gasteiger partial charge in [0, 0.05) is 26.1 Å². The van der Waals surface area contributed by atoms with Crippen molar-refractivity contribution >= 4 is 21.8 Å². The highest BCUT2D eigenvalue weighted by molar-refractivity contribution is 7.91. The number of para-hydroxylation sites is 1. The van der Waals surface area contributed by atoms with E-state index in [1.807, 2.05) is 18.2 Å². The summed E-state index contributed by atoms with van der Waals surface area (Å²) in [5.41, 5.74) is 0. The number of hydrogen-bond donors (Lipinski definition) is 1. The first-order valence-electron chi connectivity index (χ1n) is 10.0. The number of hydrogen-bond acceptors (Lipinski definition) is 5. The van der Waals surface area contributed by atoms with Gasteiger partial charge in [0.05, 0.1) is 10.6 Å². The molecule has 2 aromatic rings. The Morgan fingerprint density at radius 2 is 1.57 bits per heavy atom. The zero-order valence-electron chi connectivity index (χ0n) is 16.7. The molecule has 2 amide bonds. The van der Waals surface area contributed by atoms with Gasteiger partial charge in [-0.3, -0.25) is 4.79 Å². The van der Waals surface area contributed by atoms with Crippen molar-refractivity contribution in [3.05, 3.63) is 60.7 Å². The third-order valence-electron chi connectivity index (χ3n) is 5.11. The third kappa shape index (κ3) is 6.32. The fourth-order valence-electron chi connectivity index (χ4n) is 3.29. The number of likely N-dealkylation sites (tertiary alicyclic amines) is 1. The van der Waals surface area contributed by atoms with Crippen LogP contribution in [0.1, 0.15) is 19.3 Å². The normalized spacial score (nSPS) is 14.9. The second-order valence-electron chi connectivity index (χ2n) is 7.30. The molecule has 2 aromatic carbocycles. The lowest BCUT2D eigenvalue weighted by atomic mass is 9.97. The fraction of sp³-hybridized carbons (Fsp3) is 0.364. The van der Waals surface area contributed by atoms with Crippen LogP contribution in [-0.2, 0) is 14.6 Å². The maximum atomic E-state index is 12.2. The molecule has 1 heterocycles. The lowest BCUT2D eigenvalue weighted by Crippen LogP contribution is -2.42. The lowest BCUT2D eigenvalue weighted by Gasteiger charge is -2.31. The molecule has 0 radical (unpaired) electrons. The predicted octanol–water partition coefficient (Wildman–Crippen LogP) is 2.88. The van der Waals surface area contributed by atoms with Gasteiger partial charge in [-0.05, 0) is 43.0 Å². The zero-order chi connectivity index (χ0) is 21.4. The minimum absolute atomic E-state index is 0.0700. The molecule has 1 fully saturated rings. The summed E-state index contributed by atoms with van der Waals surface area (Å²) in [6.07, 6.45) is 1.08. The van der Waals surface area contributed by atoms with E-state index in [2.05, 4.69) is 5.32 Å². The summed E-state index contributed by atoms with van der Waals surface area (Å²) in [6.45, 7) is 1.61. The Morgan fingerprint density at radius 3 is 2.20 bits per heavy atom. The molecule has 30 heavy (non-hydrogen) atoms. The Kier molecular flexibility index (Phi) is 7.46. The smallest absolute Gasteiger partial charge is 0.410 e. The summed E-state index contributed by atoms with van der Waals surface area (Å²) in [6, 6.07) is 17.1. The summed E-state index contributed by atoms with van der Waals surface area (Å²) in [5, 5.41) is 2.82. The molecule has 0 saturated carbocycles. The second-order valence-corrected chi connectivity index (χ2v) is 9.41. The first-order chi connectivity index (χ1) is 14.4. The molecule has 1 saturated heterocycles. The molecule has 1 aliphatic heterocycles. The molecule has 0 unspecified atom stereocenters. The molecule has 3 rings (SSSR count). The van der Waals surface area contributed by atoms with Crippen LogP contribution in [0.15, 0.2) is 65.6 Å². The Labute approximate surface area is 177 Å². The van der Waals surface area contributed by atoms with E-state index in [0.29, 0.717) is 25.4 Å². The van der Waals surface area contributed by atoms with E-state index in [0.717, 1.165) is 12.8 Å². The fourth-order valence-corrected chi connectivity index (χ4v) is 4.55. The van der Waals surface area contributed by atoms with E-state index in [9.17, 15) is 18.0 Å². The summed E-state index contributed by atoms with van der Waals surface area (Å²) in [5.74, 6) is 0.273. The van der Waals surface area contributed by atoms with Crippen molar-refractivity contribution in [2.75, 3.05) is 25.4 Å². The van der Waals surface area contributed by atoms with Crippen molar-refractivity contribution in [2.24, 2.45) is 5.92 Å². The SMILES string of the molecule is O=C(CCS(=O)(=O)c1ccccc1)NCC1CCN(C(=O)Oc2ccccc2)CC1. The summed E-state index contributed by atoms with van der Waals surface area (Å²) in [4.78, 5) is 26.2. The Bertz CT molecular complexity index is 940. The monoisotopic (exact) mass is 430 g/mol. The molecule has 0 aliphatic carbocycles. The van der Waals surface area contributed by atoms with Crippen molar-refractivity contribution in [2.45, 2.75) is 24.2 Å². The maximum absolute atomic E-state index is 12.2. The number of amides is 2. The van der Waals surface area contributed by atoms with Crippen molar-refractivity contribution < 1.29 is 22.7 Å². The molecular weight excluding hydrogens is 404 g/mol. The van der Waals surface area contributed by atoms with Crippen LogP contribution in [0, 0.1) is 5.92 Å². The van der Waals surface area contributed by atoms with Gasteiger partial charge in [0.25, 0.3) is 0 Å². The van der Waals surface area contributed by atoms with Gasteiger partial charge in [-0.25, -0.2) is 13.2 Å². The quantitative estimate of drug-likeness (QED) is 0.729. The zero-order valence-corrected chi connectivity index (χ0v) is 17.5. The highest BCUT2D eigenvalue weighted by atomic mass is 32.2. The van der Waals surface area contributed by atoms with Crippen LogP contribution in [0.2, 0.25) is 0 Å². The van der Waals surface area contributed by atoms with E-state index in [1.54, 1.807) is 35.2 Å². The van der Waals surface area contributed by atoms with Gasteiger partial charge < -0.3 is 15.0 Å². The van der Waals surface area contributed by atoms with E-state index in [4.69, 9.17) is 4.74 Å². The van der Waals surface area contributed by atoms with Gasteiger partial charge in [-0.15, -0.1) is 0 Å². The predicted molar refractivity (Wildman–Crippen MR) is 113 cm³/mol. The van der Waals surface area contributed by atoms with Gasteiger partial charge in [0.15, 0.2) is 9.84 Å². The lowest BCUT2D eigenvalue weighted by molar-refractivity contribution is -0.120. The van der Waals surface area contributed by atoms with Crippen molar-refractivity contribution in [3.8, 4) is 5.75 Å². The molecule has 0 atom stereocenters. The van der Waals surface area contributed by atoms with Crippen LogP contribution in [0.3, 0.4) is 0 Å². The van der Waals surface area contributed by atoms with Gasteiger partial charge in [-0.1, -0.05) is 36.4 Å². The van der Waals surface area contributed by atoms with Crippen molar-refractivity contribution in [1.82, 2.24) is 10.2 Å². The Hall–Kier alpha value is -2.87. The summed E-state index contributed by atoms with van der Waals surface area (Å²) < 4.78 is 29.8. The van der Waals surface area contributed by atoms with Gasteiger partial charge in [0.1, 0.15) is 5.75 Å². The molecular formula is C22H26N2O5S. The molecule has 0 bridgehead atoms. The number of nitrogens with one attached hydrogen (secondary N) is 1. The standard InChI is InChI=1S/C22H26N2O5S/c25-21(13-16-30(27,28)20-9-5-2-6-10-20)23-17-18-11-14-24(15-12-18)22(26)29-19-7-3-1-4-8-19/h1-10,18H,11-17H2,(H,23,25). The number of ether oxygens (including phenoxy) is 1. The number of carbonyl (C=O) groups excluding carboxylic acids is 2. The molecule has 0 aromatic heterocycles. The largest absolute Gasteiger partial charge is 0.415 e. The minimum atomic E-state index is -3.46. The first-order valence-corrected chi connectivity index (χ1v) is 11.7. The number of rotatable bonds is 7. The highest BCUT2D eigenvalue weighted by Crippen LogP contribution is 2.19. The van der Waals surface area contributed by atoms with E-state index in [-0.39, 0.29) is 35.0 Å². The van der Waals surface area contributed by atoms with Crippen LogP contribution >= 0.6 is 0 Å². The van der Waals surface area contributed by atoms with Crippen LogP contribution in [0.5, 0.6) is 5.75 Å². The van der Waals surface area contributed by atoms with E-state index >= 15 is 0 Å². The average molecular weight is 431 g/mol. The number of nitrogens with zero attached hydrogens (tertiary/aromatic N) is 1. The summed E-state index contributed by atoms with van der Waals surface area (Å²) in [7, 11) is -3.46. The van der Waals surface area contributed by atoms with Crippen LogP contribution in [0.25, 0.3) is 0 Å². The molecule has 1 N–H and O–H groups in total. The van der Waals surface area contributed by atoms with Crippen LogP contribution in [0.4, 0.5) is 4.79 Å².